The number of hydrogen-bond donors (Lipinski definition) is 0. The van der Waals surface area contributed by atoms with E-state index in [0.717, 1.165) is 0 Å². The van der Waals surface area contributed by atoms with Crippen molar-refractivity contribution in [3.63, 3.8) is 0 Å². The molecule has 62 valence electrons. The van der Waals surface area contributed by atoms with Crippen LogP contribution in [0.4, 0.5) is 0 Å². The summed E-state index contributed by atoms with van der Waals surface area (Å²) in [6.07, 6.45) is 2.34. The Kier molecular flexibility index (Phi) is 3.67. The summed E-state index contributed by atoms with van der Waals surface area (Å²) in [5.74, 6) is 2.32. The van der Waals surface area contributed by atoms with Gasteiger partial charge in [0.25, 0.3) is 0 Å². The third-order valence-electron chi connectivity index (χ3n) is 1.06. The maximum atomic E-state index is 11.1. The number of ether oxygens (including phenoxy) is 1. The van der Waals surface area contributed by atoms with E-state index >= 15 is 0 Å². The molecule has 0 bridgehead atoms. The van der Waals surface area contributed by atoms with E-state index in [1.807, 2.05) is 27.7 Å². The van der Waals surface area contributed by atoms with Crippen molar-refractivity contribution in [2.45, 2.75) is 27.7 Å². The topological polar surface area (TPSA) is 26.3 Å². The fraction of sp³-hybridized carbons (Fsp3) is 0.667. The second-order valence-corrected chi connectivity index (χ2v) is 3.24. The molecular formula is C9H14O2. The Morgan fingerprint density at radius 2 is 2.00 bits per heavy atom. The highest BCUT2D eigenvalue weighted by Crippen LogP contribution is 2.13. The molecule has 0 saturated heterocycles. The number of carbonyl (C=O) groups is 1. The highest BCUT2D eigenvalue weighted by molar-refractivity contribution is 5.99. The normalized spacial score (nSPS) is 9.82. The smallest absolute Gasteiger partial charge is 0.214 e. The molecule has 0 radical (unpaired) electrons. The van der Waals surface area contributed by atoms with Gasteiger partial charge in [0.1, 0.15) is 6.11 Å². The second-order valence-electron chi connectivity index (χ2n) is 3.24. The van der Waals surface area contributed by atoms with Crippen molar-refractivity contribution in [3.05, 3.63) is 0 Å². The zero-order valence-corrected chi connectivity index (χ0v) is 7.52. The summed E-state index contributed by atoms with van der Waals surface area (Å²) in [4.78, 5) is 11.1. The van der Waals surface area contributed by atoms with Gasteiger partial charge in [-0.1, -0.05) is 20.8 Å². The average Bonchev–Trinajstić information content (AvgIpc) is 1.86. The van der Waals surface area contributed by atoms with Crippen molar-refractivity contribution in [3.8, 4) is 12.0 Å². The summed E-state index contributed by atoms with van der Waals surface area (Å²) in [6.45, 7) is 7.84. The van der Waals surface area contributed by atoms with Crippen LogP contribution in [0.3, 0.4) is 0 Å². The maximum Gasteiger partial charge on any atom is 0.214 e. The van der Waals surface area contributed by atoms with Gasteiger partial charge < -0.3 is 4.74 Å². The van der Waals surface area contributed by atoms with Crippen LogP contribution in [0.25, 0.3) is 0 Å². The summed E-state index contributed by atoms with van der Waals surface area (Å²) in [5.41, 5.74) is -0.385. The van der Waals surface area contributed by atoms with Gasteiger partial charge in [0, 0.05) is 11.3 Å². The average molecular weight is 154 g/mol. The van der Waals surface area contributed by atoms with Crippen LogP contribution in [-0.2, 0) is 9.53 Å². The fourth-order valence-corrected chi connectivity index (χ4v) is 0.342. The third kappa shape index (κ3) is 4.44. The first-order valence-electron chi connectivity index (χ1n) is 3.65. The molecule has 2 nitrogen and oxygen atoms in total. The lowest BCUT2D eigenvalue weighted by molar-refractivity contribution is -0.120. The van der Waals surface area contributed by atoms with Crippen LogP contribution in [0.2, 0.25) is 0 Å². The molecule has 0 aliphatic carbocycles. The van der Waals surface area contributed by atoms with E-state index in [1.54, 1.807) is 0 Å². The molecule has 0 atom stereocenters. The quantitative estimate of drug-likeness (QED) is 0.536. The molecule has 0 rings (SSSR count). The standard InChI is InChI=1S/C9H14O2/c1-5-11-7-6-8(10)9(2,3)4/h5H2,1-4H3. The number of ketones is 1. The monoisotopic (exact) mass is 154 g/mol. The Balaban J connectivity index is 4.01. The Hall–Kier alpha value is -0.970. The van der Waals surface area contributed by atoms with Crippen LogP contribution in [0.1, 0.15) is 27.7 Å². The summed E-state index contributed by atoms with van der Waals surface area (Å²) < 4.78 is 4.72. The van der Waals surface area contributed by atoms with Gasteiger partial charge >= 0.3 is 0 Å². The lowest BCUT2D eigenvalue weighted by atomic mass is 9.91. The summed E-state index contributed by atoms with van der Waals surface area (Å²) in [6, 6.07) is 0. The first kappa shape index (κ1) is 10.0. The van der Waals surface area contributed by atoms with E-state index in [-0.39, 0.29) is 11.2 Å². The van der Waals surface area contributed by atoms with E-state index in [0.29, 0.717) is 6.61 Å². The minimum Gasteiger partial charge on any atom is -0.447 e. The molecule has 0 spiro atoms. The van der Waals surface area contributed by atoms with Crippen LogP contribution in [0, 0.1) is 17.4 Å². The van der Waals surface area contributed by atoms with Gasteiger partial charge in [0.15, 0.2) is 0 Å². The van der Waals surface area contributed by atoms with E-state index in [1.165, 1.54) is 0 Å². The Morgan fingerprint density at radius 1 is 1.45 bits per heavy atom. The van der Waals surface area contributed by atoms with Gasteiger partial charge in [-0.3, -0.25) is 4.79 Å². The highest BCUT2D eigenvalue weighted by Gasteiger charge is 2.18. The Morgan fingerprint density at radius 3 is 2.36 bits per heavy atom. The van der Waals surface area contributed by atoms with Gasteiger partial charge in [0.2, 0.25) is 5.78 Å². The van der Waals surface area contributed by atoms with Crippen molar-refractivity contribution in [1.82, 2.24) is 0 Å². The number of rotatable bonds is 1. The summed E-state index contributed by atoms with van der Waals surface area (Å²) in [7, 11) is 0. The SMILES string of the molecule is CCOC#CC(=O)C(C)(C)C. The van der Waals surface area contributed by atoms with Crippen LogP contribution < -0.4 is 0 Å². The molecule has 0 saturated carbocycles. The number of hydrogen-bond acceptors (Lipinski definition) is 2. The Bertz CT molecular complexity index is 188. The minimum absolute atomic E-state index is 0.0917. The van der Waals surface area contributed by atoms with Crippen LogP contribution >= 0.6 is 0 Å². The van der Waals surface area contributed by atoms with Gasteiger partial charge in [-0.2, -0.15) is 0 Å². The van der Waals surface area contributed by atoms with Crippen LogP contribution in [0.5, 0.6) is 0 Å². The zero-order chi connectivity index (χ0) is 8.91. The van der Waals surface area contributed by atoms with Gasteiger partial charge in [-0.25, -0.2) is 0 Å². The minimum atomic E-state index is -0.385. The fourth-order valence-electron chi connectivity index (χ4n) is 0.342. The van der Waals surface area contributed by atoms with Gasteiger partial charge in [-0.05, 0) is 6.92 Å². The predicted molar refractivity (Wildman–Crippen MR) is 43.9 cm³/mol. The van der Waals surface area contributed by atoms with Crippen molar-refractivity contribution in [1.29, 1.82) is 0 Å². The van der Waals surface area contributed by atoms with E-state index in [9.17, 15) is 4.79 Å². The van der Waals surface area contributed by atoms with E-state index in [4.69, 9.17) is 4.74 Å². The first-order chi connectivity index (χ1) is 4.98. The van der Waals surface area contributed by atoms with Gasteiger partial charge in [-0.15, -0.1) is 0 Å². The van der Waals surface area contributed by atoms with Crippen molar-refractivity contribution in [2.75, 3.05) is 6.61 Å². The van der Waals surface area contributed by atoms with Crippen molar-refractivity contribution in [2.24, 2.45) is 5.41 Å². The lowest BCUT2D eigenvalue weighted by Crippen LogP contribution is -2.17. The van der Waals surface area contributed by atoms with Crippen molar-refractivity contribution >= 4 is 5.78 Å². The molecule has 11 heavy (non-hydrogen) atoms. The Labute approximate surface area is 67.9 Å². The number of Topliss-reactive ketones (excluding diaryl/α,β-unsaturated/α-hetero) is 1. The largest absolute Gasteiger partial charge is 0.447 e. The van der Waals surface area contributed by atoms with Crippen molar-refractivity contribution < 1.29 is 9.53 Å². The molecule has 2 heteroatoms. The molecule has 0 fully saturated rings. The molecule has 0 aromatic rings. The lowest BCUT2D eigenvalue weighted by Gasteiger charge is -2.10. The zero-order valence-electron chi connectivity index (χ0n) is 7.52. The molecule has 0 aromatic carbocycles. The van der Waals surface area contributed by atoms with E-state index < -0.39 is 0 Å². The first-order valence-corrected chi connectivity index (χ1v) is 3.65. The molecule has 0 unspecified atom stereocenters. The molecule has 0 aliphatic rings. The summed E-state index contributed by atoms with van der Waals surface area (Å²) in [5, 5.41) is 0. The number of carbonyl (C=O) groups excluding carboxylic acids is 1. The molecule has 0 heterocycles. The summed E-state index contributed by atoms with van der Waals surface area (Å²) >= 11 is 0. The predicted octanol–water partition coefficient (Wildman–Crippen LogP) is 1.60. The molecule has 0 aliphatic heterocycles. The molecule has 0 aromatic heterocycles. The maximum absolute atomic E-state index is 11.1. The molecular weight excluding hydrogens is 140 g/mol. The van der Waals surface area contributed by atoms with Gasteiger partial charge in [0.05, 0.1) is 6.61 Å². The van der Waals surface area contributed by atoms with Crippen LogP contribution in [-0.4, -0.2) is 12.4 Å². The van der Waals surface area contributed by atoms with Crippen LogP contribution in [0.15, 0.2) is 0 Å². The molecule has 0 amide bonds. The molecule has 0 N–H and O–H groups in total. The highest BCUT2D eigenvalue weighted by atomic mass is 16.5. The second kappa shape index (κ2) is 4.02. The third-order valence-corrected chi connectivity index (χ3v) is 1.06. The van der Waals surface area contributed by atoms with E-state index in [2.05, 4.69) is 12.0 Å².